The van der Waals surface area contributed by atoms with Gasteiger partial charge in [-0.05, 0) is 52.6 Å². The molecule has 1 aliphatic heterocycles. The van der Waals surface area contributed by atoms with E-state index in [-0.39, 0.29) is 0 Å². The van der Waals surface area contributed by atoms with E-state index in [4.69, 9.17) is 5.73 Å². The third kappa shape index (κ3) is 3.53. The van der Waals surface area contributed by atoms with Gasteiger partial charge in [0.15, 0.2) is 0 Å². The molecule has 1 aromatic heterocycles. The molecule has 0 saturated carbocycles. The van der Waals surface area contributed by atoms with Gasteiger partial charge in [0.2, 0.25) is 0 Å². The average molecular weight is 267 g/mol. The molecule has 18 heavy (non-hydrogen) atoms. The highest BCUT2D eigenvalue weighted by atomic mass is 32.1. The zero-order valence-electron chi connectivity index (χ0n) is 11.6. The first-order chi connectivity index (χ1) is 8.70. The summed E-state index contributed by atoms with van der Waals surface area (Å²) in [4.78, 5) is 8.60. The lowest BCUT2D eigenvalue weighted by molar-refractivity contribution is 0.202. The van der Waals surface area contributed by atoms with Gasteiger partial charge in [-0.15, -0.1) is 11.3 Å². The van der Waals surface area contributed by atoms with Crippen LogP contribution in [-0.2, 0) is 12.8 Å². The highest BCUT2D eigenvalue weighted by molar-refractivity contribution is 7.11. The topological polar surface area (TPSA) is 42.2 Å². The molecule has 102 valence electrons. The molecule has 0 radical (unpaired) electrons. The molecule has 2 heterocycles. The first kappa shape index (κ1) is 14.0. The van der Waals surface area contributed by atoms with Crippen LogP contribution in [0.25, 0.3) is 0 Å². The van der Waals surface area contributed by atoms with Crippen molar-refractivity contribution in [3.05, 3.63) is 16.1 Å². The normalized spacial score (nSPS) is 21.0. The summed E-state index contributed by atoms with van der Waals surface area (Å²) in [7, 11) is 0. The second-order valence-corrected chi connectivity index (χ2v) is 6.64. The molecule has 2 rings (SSSR count). The molecule has 0 amide bonds. The number of hydrogen-bond acceptors (Lipinski definition) is 4. The smallest absolute Gasteiger partial charge is 0.0943 e. The summed E-state index contributed by atoms with van der Waals surface area (Å²) >= 11 is 1.88. The number of aryl methyl sites for hydroxylation is 1. The third-order valence-corrected chi connectivity index (χ3v) is 4.80. The molecular weight excluding hydrogens is 242 g/mol. The number of aromatic nitrogens is 1. The SMILES string of the molecule is CC(C)N1CCCC1Cc1ncc(CCCN)s1. The Hall–Kier alpha value is -0.450. The predicted molar refractivity (Wildman–Crippen MR) is 78.1 cm³/mol. The molecule has 2 N–H and O–H groups in total. The lowest BCUT2D eigenvalue weighted by Crippen LogP contribution is -2.36. The minimum atomic E-state index is 0.661. The quantitative estimate of drug-likeness (QED) is 0.861. The highest BCUT2D eigenvalue weighted by Gasteiger charge is 2.27. The summed E-state index contributed by atoms with van der Waals surface area (Å²) in [5.74, 6) is 0. The Morgan fingerprint density at radius 3 is 3.11 bits per heavy atom. The van der Waals surface area contributed by atoms with Crippen LogP contribution >= 0.6 is 11.3 Å². The molecule has 1 saturated heterocycles. The molecule has 3 nitrogen and oxygen atoms in total. The molecule has 0 bridgehead atoms. The van der Waals surface area contributed by atoms with Gasteiger partial charge in [-0.25, -0.2) is 4.98 Å². The molecule has 1 aromatic rings. The fourth-order valence-electron chi connectivity index (χ4n) is 2.79. The largest absolute Gasteiger partial charge is 0.330 e. The van der Waals surface area contributed by atoms with Gasteiger partial charge < -0.3 is 5.73 Å². The zero-order chi connectivity index (χ0) is 13.0. The van der Waals surface area contributed by atoms with Crippen LogP contribution in [0.3, 0.4) is 0 Å². The fraction of sp³-hybridized carbons (Fsp3) is 0.786. The minimum absolute atomic E-state index is 0.661. The third-order valence-electron chi connectivity index (χ3n) is 3.72. The van der Waals surface area contributed by atoms with Gasteiger partial charge in [-0.1, -0.05) is 0 Å². The highest BCUT2D eigenvalue weighted by Crippen LogP contribution is 2.25. The van der Waals surface area contributed by atoms with Crippen molar-refractivity contribution in [2.75, 3.05) is 13.1 Å². The Morgan fingerprint density at radius 2 is 2.39 bits per heavy atom. The summed E-state index contributed by atoms with van der Waals surface area (Å²) in [6.07, 6.45) is 8.01. The number of nitrogens with two attached hydrogens (primary N) is 1. The molecule has 0 aliphatic carbocycles. The Bertz CT molecular complexity index is 362. The Balaban J connectivity index is 1.90. The second kappa shape index (κ2) is 6.64. The van der Waals surface area contributed by atoms with Crippen molar-refractivity contribution in [2.45, 2.75) is 58.0 Å². The van der Waals surface area contributed by atoms with Gasteiger partial charge in [0.25, 0.3) is 0 Å². The van der Waals surface area contributed by atoms with E-state index in [1.54, 1.807) is 0 Å². The summed E-state index contributed by atoms with van der Waals surface area (Å²) in [6.45, 7) is 6.63. The van der Waals surface area contributed by atoms with E-state index in [2.05, 4.69) is 23.7 Å². The number of rotatable bonds is 6. The number of nitrogens with zero attached hydrogens (tertiary/aromatic N) is 2. The average Bonchev–Trinajstić information content (AvgIpc) is 2.96. The monoisotopic (exact) mass is 267 g/mol. The van der Waals surface area contributed by atoms with E-state index in [0.29, 0.717) is 12.1 Å². The van der Waals surface area contributed by atoms with Crippen LogP contribution in [0.4, 0.5) is 0 Å². The van der Waals surface area contributed by atoms with E-state index < -0.39 is 0 Å². The van der Waals surface area contributed by atoms with Gasteiger partial charge in [0.1, 0.15) is 0 Å². The van der Waals surface area contributed by atoms with Crippen LogP contribution in [0.1, 0.15) is 43.0 Å². The number of hydrogen-bond donors (Lipinski definition) is 1. The minimum Gasteiger partial charge on any atom is -0.330 e. The van der Waals surface area contributed by atoms with E-state index in [9.17, 15) is 0 Å². The number of thiazole rings is 1. The molecule has 1 unspecified atom stereocenters. The Kier molecular flexibility index (Phi) is 5.15. The second-order valence-electron chi connectivity index (χ2n) is 5.44. The Labute approximate surface area is 114 Å². The van der Waals surface area contributed by atoms with Crippen LogP contribution in [0.5, 0.6) is 0 Å². The van der Waals surface area contributed by atoms with Crippen LogP contribution in [0.2, 0.25) is 0 Å². The maximum atomic E-state index is 5.54. The molecule has 0 spiro atoms. The van der Waals surface area contributed by atoms with Crippen LogP contribution in [0.15, 0.2) is 6.20 Å². The first-order valence-corrected chi connectivity index (χ1v) is 7.91. The molecule has 4 heteroatoms. The first-order valence-electron chi connectivity index (χ1n) is 7.10. The van der Waals surface area contributed by atoms with Crippen LogP contribution < -0.4 is 5.73 Å². The maximum absolute atomic E-state index is 5.54. The van der Waals surface area contributed by atoms with Crippen molar-refractivity contribution in [3.63, 3.8) is 0 Å². The lowest BCUT2D eigenvalue weighted by Gasteiger charge is -2.27. The number of likely N-dealkylation sites (tertiary alicyclic amines) is 1. The van der Waals surface area contributed by atoms with Crippen molar-refractivity contribution in [1.29, 1.82) is 0 Å². The van der Waals surface area contributed by atoms with Crippen molar-refractivity contribution in [1.82, 2.24) is 9.88 Å². The molecule has 1 aliphatic rings. The van der Waals surface area contributed by atoms with Gasteiger partial charge in [0, 0.05) is 29.6 Å². The molecule has 0 aromatic carbocycles. The fourth-order valence-corrected chi connectivity index (χ4v) is 3.83. The van der Waals surface area contributed by atoms with Gasteiger partial charge >= 0.3 is 0 Å². The molecule has 1 atom stereocenters. The standard InChI is InChI=1S/C14H25N3S/c1-11(2)17-8-4-5-12(17)9-14-16-10-13(18-14)6-3-7-15/h10-12H,3-9,15H2,1-2H3. The predicted octanol–water partition coefficient (Wildman–Crippen LogP) is 2.45. The zero-order valence-corrected chi connectivity index (χ0v) is 12.4. The molecular formula is C14H25N3S. The molecule has 1 fully saturated rings. The van der Waals surface area contributed by atoms with Crippen molar-refractivity contribution in [3.8, 4) is 0 Å². The van der Waals surface area contributed by atoms with E-state index in [1.807, 2.05) is 17.5 Å². The summed E-state index contributed by atoms with van der Waals surface area (Å²) in [5.41, 5.74) is 5.54. The Morgan fingerprint density at radius 1 is 1.56 bits per heavy atom. The van der Waals surface area contributed by atoms with Crippen LogP contribution in [0, 0.1) is 0 Å². The van der Waals surface area contributed by atoms with E-state index in [0.717, 1.165) is 25.8 Å². The summed E-state index contributed by atoms with van der Waals surface area (Å²) in [6, 6.07) is 1.37. The van der Waals surface area contributed by atoms with Crippen molar-refractivity contribution in [2.24, 2.45) is 5.73 Å². The summed E-state index contributed by atoms with van der Waals surface area (Å²) in [5, 5.41) is 1.31. The van der Waals surface area contributed by atoms with Crippen LogP contribution in [-0.4, -0.2) is 35.1 Å². The van der Waals surface area contributed by atoms with E-state index >= 15 is 0 Å². The van der Waals surface area contributed by atoms with Gasteiger partial charge in [0.05, 0.1) is 5.01 Å². The van der Waals surface area contributed by atoms with Crippen molar-refractivity contribution >= 4 is 11.3 Å². The lowest BCUT2D eigenvalue weighted by atomic mass is 10.1. The maximum Gasteiger partial charge on any atom is 0.0943 e. The van der Waals surface area contributed by atoms with E-state index in [1.165, 1.54) is 29.3 Å². The van der Waals surface area contributed by atoms with Gasteiger partial charge in [-0.3, -0.25) is 4.90 Å². The summed E-state index contributed by atoms with van der Waals surface area (Å²) < 4.78 is 0. The van der Waals surface area contributed by atoms with Crippen molar-refractivity contribution < 1.29 is 0 Å². The van der Waals surface area contributed by atoms with Gasteiger partial charge in [-0.2, -0.15) is 0 Å².